The van der Waals surface area contributed by atoms with Crippen molar-refractivity contribution in [2.75, 3.05) is 26.4 Å². The number of hydrogen-bond donors (Lipinski definition) is 0. The Balaban J connectivity index is 1.23. The summed E-state index contributed by atoms with van der Waals surface area (Å²) < 4.78 is 45.0. The fourth-order valence-electron chi connectivity index (χ4n) is 3.40. The summed E-state index contributed by atoms with van der Waals surface area (Å²) >= 11 is 0. The van der Waals surface area contributed by atoms with E-state index in [2.05, 4.69) is 13.2 Å². The van der Waals surface area contributed by atoms with Crippen molar-refractivity contribution in [3.63, 3.8) is 0 Å². The quantitative estimate of drug-likeness (QED) is 0.400. The molecule has 0 unspecified atom stereocenters. The fraction of sp³-hybridized carbons (Fsp3) is 0.440. The van der Waals surface area contributed by atoms with Gasteiger partial charge in [-0.25, -0.2) is 9.59 Å². The van der Waals surface area contributed by atoms with Gasteiger partial charge in [0.25, 0.3) is 0 Å². The number of furan rings is 2. The Kier molecular flexibility index (Phi) is 7.56. The topological polar surface area (TPSA) is 116 Å². The van der Waals surface area contributed by atoms with E-state index < -0.39 is 29.9 Å². The van der Waals surface area contributed by atoms with Crippen molar-refractivity contribution in [3.8, 4) is 0 Å². The second kappa shape index (κ2) is 10.6. The zero-order chi connectivity index (χ0) is 25.0. The molecular formula is C25H28O10. The minimum atomic E-state index is -0.682. The number of ether oxygens (including phenoxy) is 6. The molecule has 1 spiro atoms. The Bertz CT molecular complexity index is 988. The van der Waals surface area contributed by atoms with Crippen LogP contribution in [-0.2, 0) is 51.2 Å². The molecule has 0 aromatic carbocycles. The highest BCUT2D eigenvalue weighted by Crippen LogP contribution is 2.38. The van der Waals surface area contributed by atoms with E-state index in [1.54, 1.807) is 38.1 Å². The molecule has 2 aliphatic rings. The highest BCUT2D eigenvalue weighted by molar-refractivity contribution is 5.87. The molecule has 2 fully saturated rings. The molecule has 4 heterocycles. The molecule has 2 aromatic heterocycles. The van der Waals surface area contributed by atoms with E-state index in [-0.39, 0.29) is 13.2 Å². The number of hydrogen-bond acceptors (Lipinski definition) is 10. The normalized spacial score (nSPS) is 24.2. The summed E-state index contributed by atoms with van der Waals surface area (Å²) in [5.41, 5.74) is 0.167. The molecular weight excluding hydrogens is 460 g/mol. The summed E-state index contributed by atoms with van der Waals surface area (Å²) in [5, 5.41) is 0. The van der Waals surface area contributed by atoms with Crippen molar-refractivity contribution in [1.82, 2.24) is 0 Å². The van der Waals surface area contributed by atoms with Crippen molar-refractivity contribution in [2.24, 2.45) is 5.41 Å². The Morgan fingerprint density at radius 2 is 1.14 bits per heavy atom. The van der Waals surface area contributed by atoms with Gasteiger partial charge in [-0.2, -0.15) is 0 Å². The van der Waals surface area contributed by atoms with E-state index in [0.717, 1.165) is 0 Å². The molecule has 4 rings (SSSR count). The lowest BCUT2D eigenvalue weighted by Crippen LogP contribution is -2.49. The zero-order valence-electron chi connectivity index (χ0n) is 19.7. The minimum absolute atomic E-state index is 0.00373. The maximum absolute atomic E-state index is 11.5. The van der Waals surface area contributed by atoms with Crippen LogP contribution in [0.4, 0.5) is 0 Å². The van der Waals surface area contributed by atoms with Crippen molar-refractivity contribution in [2.45, 2.75) is 39.6 Å². The summed E-state index contributed by atoms with van der Waals surface area (Å²) in [5.74, 6) is 0.938. The van der Waals surface area contributed by atoms with Gasteiger partial charge in [0.1, 0.15) is 24.7 Å². The average molecular weight is 488 g/mol. The highest BCUT2D eigenvalue weighted by Gasteiger charge is 2.43. The highest BCUT2D eigenvalue weighted by atomic mass is 16.7. The lowest BCUT2D eigenvalue weighted by Gasteiger charge is -2.42. The van der Waals surface area contributed by atoms with Crippen LogP contribution >= 0.6 is 0 Å². The molecule has 0 atom stereocenters. The molecule has 35 heavy (non-hydrogen) atoms. The lowest BCUT2D eigenvalue weighted by molar-refractivity contribution is -0.312. The van der Waals surface area contributed by atoms with Crippen LogP contribution in [0.2, 0.25) is 0 Å². The predicted molar refractivity (Wildman–Crippen MR) is 118 cm³/mol. The van der Waals surface area contributed by atoms with Crippen LogP contribution in [0, 0.1) is 5.41 Å². The molecule has 0 saturated carbocycles. The summed E-state index contributed by atoms with van der Waals surface area (Å²) in [6.07, 6.45) is -1.36. The first-order valence-corrected chi connectivity index (χ1v) is 11.0. The van der Waals surface area contributed by atoms with Gasteiger partial charge in [0, 0.05) is 11.1 Å². The molecule has 0 N–H and O–H groups in total. The minimum Gasteiger partial charge on any atom is -0.457 e. The van der Waals surface area contributed by atoms with Gasteiger partial charge in [-0.1, -0.05) is 13.2 Å². The Morgan fingerprint density at radius 3 is 1.49 bits per heavy atom. The first-order valence-electron chi connectivity index (χ1n) is 11.0. The third-order valence-electron chi connectivity index (χ3n) is 5.38. The van der Waals surface area contributed by atoms with Gasteiger partial charge in [0.2, 0.25) is 12.6 Å². The molecule has 188 valence electrons. The molecule has 0 aliphatic carbocycles. The van der Waals surface area contributed by atoms with Gasteiger partial charge >= 0.3 is 11.9 Å². The Hall–Kier alpha value is -3.18. The smallest absolute Gasteiger partial charge is 0.333 e. The Labute approximate surface area is 202 Å². The fourth-order valence-corrected chi connectivity index (χ4v) is 3.40. The van der Waals surface area contributed by atoms with Crippen LogP contribution in [0.15, 0.2) is 57.4 Å². The summed E-state index contributed by atoms with van der Waals surface area (Å²) in [7, 11) is 0. The van der Waals surface area contributed by atoms with Crippen LogP contribution < -0.4 is 0 Å². The monoisotopic (exact) mass is 488 g/mol. The molecule has 2 aromatic rings. The van der Waals surface area contributed by atoms with Gasteiger partial charge < -0.3 is 37.3 Å². The third kappa shape index (κ3) is 6.09. The molecule has 0 radical (unpaired) electrons. The summed E-state index contributed by atoms with van der Waals surface area (Å²) in [4.78, 5) is 23.0. The van der Waals surface area contributed by atoms with Crippen LogP contribution in [0.25, 0.3) is 0 Å². The molecule has 2 saturated heterocycles. The van der Waals surface area contributed by atoms with E-state index in [0.29, 0.717) is 60.6 Å². The van der Waals surface area contributed by atoms with Crippen molar-refractivity contribution in [1.29, 1.82) is 0 Å². The maximum atomic E-state index is 11.5. The number of carbonyl (C=O) groups excluding carboxylic acids is 2. The predicted octanol–water partition coefficient (Wildman–Crippen LogP) is 3.89. The first-order chi connectivity index (χ1) is 16.7. The zero-order valence-corrected chi connectivity index (χ0v) is 19.7. The maximum Gasteiger partial charge on any atom is 0.333 e. The molecule has 0 bridgehead atoms. The van der Waals surface area contributed by atoms with Crippen LogP contribution in [0.3, 0.4) is 0 Å². The molecule has 10 heteroatoms. The molecule has 2 aliphatic heterocycles. The third-order valence-corrected chi connectivity index (χ3v) is 5.38. The number of esters is 2. The number of rotatable bonds is 8. The summed E-state index contributed by atoms with van der Waals surface area (Å²) in [6, 6.07) is 6.84. The Morgan fingerprint density at radius 1 is 0.771 bits per heavy atom. The SMILES string of the molecule is C=C(C)C(=O)OCc1ccc(C2OCC3(CO2)COC(c2ccc(COC(=O)C(=C)C)o2)OC3)o1. The van der Waals surface area contributed by atoms with Crippen molar-refractivity contribution < 1.29 is 46.8 Å². The van der Waals surface area contributed by atoms with E-state index in [4.69, 9.17) is 37.3 Å². The largest absolute Gasteiger partial charge is 0.457 e. The van der Waals surface area contributed by atoms with E-state index in [9.17, 15) is 9.59 Å². The van der Waals surface area contributed by atoms with Gasteiger partial charge in [0.15, 0.2) is 11.5 Å². The first kappa shape index (κ1) is 24.9. The van der Waals surface area contributed by atoms with Gasteiger partial charge in [-0.15, -0.1) is 0 Å². The molecule has 10 nitrogen and oxygen atoms in total. The van der Waals surface area contributed by atoms with Gasteiger partial charge in [-0.3, -0.25) is 0 Å². The van der Waals surface area contributed by atoms with Crippen molar-refractivity contribution >= 4 is 11.9 Å². The second-order valence-corrected chi connectivity index (χ2v) is 8.73. The van der Waals surface area contributed by atoms with Crippen LogP contribution in [0.1, 0.15) is 49.5 Å². The lowest BCUT2D eigenvalue weighted by atomic mass is 9.90. The summed E-state index contributed by atoms with van der Waals surface area (Å²) in [6.45, 7) is 11.6. The van der Waals surface area contributed by atoms with E-state index in [1.807, 2.05) is 0 Å². The van der Waals surface area contributed by atoms with Gasteiger partial charge in [0.05, 0.1) is 31.8 Å². The van der Waals surface area contributed by atoms with Gasteiger partial charge in [-0.05, 0) is 38.1 Å². The van der Waals surface area contributed by atoms with E-state index >= 15 is 0 Å². The van der Waals surface area contributed by atoms with Crippen LogP contribution in [-0.4, -0.2) is 38.4 Å². The number of carbonyl (C=O) groups is 2. The van der Waals surface area contributed by atoms with E-state index in [1.165, 1.54) is 0 Å². The molecule has 0 amide bonds. The van der Waals surface area contributed by atoms with Crippen LogP contribution in [0.5, 0.6) is 0 Å². The van der Waals surface area contributed by atoms with Crippen molar-refractivity contribution in [3.05, 3.63) is 71.6 Å². The second-order valence-electron chi connectivity index (χ2n) is 8.73. The standard InChI is InChI=1S/C25H28O10/c1-15(2)21(26)28-9-17-5-7-19(34-17)23-30-11-25(12-31-23)13-32-24(33-14-25)20-8-6-18(35-20)10-29-22(27)16(3)4/h5-8,23-24H,1,3,9-14H2,2,4H3. The average Bonchev–Trinajstić information content (AvgIpc) is 3.52.